The number of hydrogen-bond acceptors (Lipinski definition) is 1. The topological polar surface area (TPSA) is 37.3 Å². The van der Waals surface area contributed by atoms with Crippen molar-refractivity contribution in [2.45, 2.75) is 0 Å². The van der Waals surface area contributed by atoms with Crippen molar-refractivity contribution in [2.75, 3.05) is 10.8 Å². The van der Waals surface area contributed by atoms with Crippen LogP contribution in [0.15, 0.2) is 0 Å². The Labute approximate surface area is 50.5 Å². The van der Waals surface area contributed by atoms with Crippen LogP contribution in [0.2, 0.25) is 0 Å². The van der Waals surface area contributed by atoms with Crippen molar-refractivity contribution in [3.05, 3.63) is 0 Å². The summed E-state index contributed by atoms with van der Waals surface area (Å²) >= 11 is 1.88. The van der Waals surface area contributed by atoms with Gasteiger partial charge in [-0.3, -0.25) is 4.57 Å². The Balaban J connectivity index is 3.48. The molecule has 0 rings (SSSR count). The molecule has 0 saturated carbocycles. The van der Waals surface area contributed by atoms with Gasteiger partial charge in [0.1, 0.15) is 0 Å². The molecular weight excluding hydrogens is 214 g/mol. The number of alkyl halides is 1. The van der Waals surface area contributed by atoms with E-state index in [4.69, 9.17) is 4.89 Å². The molecule has 0 amide bonds. The molecule has 1 unspecified atom stereocenters. The molecule has 0 bridgehead atoms. The molecule has 1 N–H and O–H groups in total. The highest BCUT2D eigenvalue weighted by Crippen LogP contribution is 2.36. The van der Waals surface area contributed by atoms with Gasteiger partial charge < -0.3 is 4.89 Å². The summed E-state index contributed by atoms with van der Waals surface area (Å²) in [5, 5.41) is 0. The van der Waals surface area contributed by atoms with E-state index < -0.39 is 7.37 Å². The van der Waals surface area contributed by atoms with E-state index in [0.717, 1.165) is 0 Å². The first-order chi connectivity index (χ1) is 2.56. The molecule has 0 aromatic rings. The van der Waals surface area contributed by atoms with E-state index >= 15 is 0 Å². The first-order valence-electron chi connectivity index (χ1n) is 1.41. The Morgan fingerprint density at radius 1 is 2.00 bits per heavy atom. The summed E-state index contributed by atoms with van der Waals surface area (Å²) in [5.41, 5.74) is 0. The van der Waals surface area contributed by atoms with E-state index in [1.54, 1.807) is 0 Å². The van der Waals surface area contributed by atoms with Crippen molar-refractivity contribution < 1.29 is 9.46 Å². The van der Waals surface area contributed by atoms with Gasteiger partial charge in [-0.2, -0.15) is 0 Å². The van der Waals surface area contributed by atoms with Crippen LogP contribution >= 0.6 is 30.0 Å². The van der Waals surface area contributed by atoms with Crippen LogP contribution in [-0.4, -0.2) is 15.7 Å². The number of rotatable bonds is 1. The minimum absolute atomic E-state index is 0.352. The lowest BCUT2D eigenvalue weighted by atomic mass is 11.9. The minimum Gasteiger partial charge on any atom is -0.344 e. The van der Waals surface area contributed by atoms with E-state index in [1.807, 2.05) is 22.6 Å². The zero-order valence-corrected chi connectivity index (χ0v) is 6.44. The highest BCUT2D eigenvalue weighted by molar-refractivity contribution is 14.1. The van der Waals surface area contributed by atoms with E-state index in [0.29, 0.717) is 4.17 Å². The molecule has 0 spiro atoms. The van der Waals surface area contributed by atoms with E-state index in [-0.39, 0.29) is 0 Å². The van der Waals surface area contributed by atoms with Crippen molar-refractivity contribution >= 4 is 30.0 Å². The summed E-state index contributed by atoms with van der Waals surface area (Å²) in [7, 11) is -2.66. The van der Waals surface area contributed by atoms with Gasteiger partial charge in [-0.15, -0.1) is 0 Å². The predicted octanol–water partition coefficient (Wildman–Crippen LogP) is 1.28. The third-order valence-electron chi connectivity index (χ3n) is 0.222. The van der Waals surface area contributed by atoms with Gasteiger partial charge in [-0.25, -0.2) is 0 Å². The fourth-order valence-corrected chi connectivity index (χ4v) is 0. The normalized spacial score (nSPS) is 19.8. The van der Waals surface area contributed by atoms with Gasteiger partial charge in [0, 0.05) is 6.66 Å². The van der Waals surface area contributed by atoms with Crippen molar-refractivity contribution in [2.24, 2.45) is 0 Å². The molecule has 0 fully saturated rings. The van der Waals surface area contributed by atoms with E-state index in [2.05, 4.69) is 0 Å². The van der Waals surface area contributed by atoms with Gasteiger partial charge >= 0.3 is 0 Å². The average molecular weight is 220 g/mol. The standard InChI is InChI=1S/C2H6IO2P/c1-6(4,5)2-3/h2H2,1H3,(H,4,5). The van der Waals surface area contributed by atoms with Crippen molar-refractivity contribution in [1.29, 1.82) is 0 Å². The Kier molecular flexibility index (Phi) is 2.63. The Morgan fingerprint density at radius 3 is 2.17 bits per heavy atom. The summed E-state index contributed by atoms with van der Waals surface area (Å²) in [5.74, 6) is 0. The Hall–Kier alpha value is 0.920. The lowest BCUT2D eigenvalue weighted by Crippen LogP contribution is -1.71. The molecule has 6 heavy (non-hydrogen) atoms. The first-order valence-corrected chi connectivity index (χ1v) is 5.23. The SMILES string of the molecule is CP(=O)(O)CI. The largest absolute Gasteiger partial charge is 0.344 e. The number of halogens is 1. The predicted molar refractivity (Wildman–Crippen MR) is 34.6 cm³/mol. The molecule has 0 aliphatic heterocycles. The molecule has 0 saturated heterocycles. The van der Waals surface area contributed by atoms with E-state index in [9.17, 15) is 4.57 Å². The van der Waals surface area contributed by atoms with Crippen LogP contribution < -0.4 is 0 Å². The van der Waals surface area contributed by atoms with Crippen molar-refractivity contribution in [3.8, 4) is 0 Å². The van der Waals surface area contributed by atoms with Gasteiger partial charge in [-0.1, -0.05) is 22.6 Å². The molecule has 0 aromatic carbocycles. The fourth-order valence-electron chi connectivity index (χ4n) is 0. The maximum Gasteiger partial charge on any atom is 0.207 e. The van der Waals surface area contributed by atoms with Gasteiger partial charge in [0.25, 0.3) is 0 Å². The van der Waals surface area contributed by atoms with Crippen LogP contribution in [0.25, 0.3) is 0 Å². The average Bonchev–Trinajstić information content (AvgIpc) is 1.35. The smallest absolute Gasteiger partial charge is 0.207 e. The summed E-state index contributed by atoms with van der Waals surface area (Å²) in [4.78, 5) is 8.37. The third-order valence-corrected chi connectivity index (χ3v) is 4.46. The van der Waals surface area contributed by atoms with Gasteiger partial charge in [-0.05, 0) is 0 Å². The molecule has 0 aromatic heterocycles. The van der Waals surface area contributed by atoms with Gasteiger partial charge in [0.05, 0.1) is 4.17 Å². The second kappa shape index (κ2) is 2.28. The molecule has 0 radical (unpaired) electrons. The molecule has 38 valence electrons. The second-order valence-electron chi connectivity index (χ2n) is 1.17. The molecule has 0 aliphatic rings. The highest BCUT2D eigenvalue weighted by atomic mass is 127. The number of hydrogen-bond donors (Lipinski definition) is 1. The van der Waals surface area contributed by atoms with Gasteiger partial charge in [0.15, 0.2) is 0 Å². The zero-order valence-electron chi connectivity index (χ0n) is 3.39. The van der Waals surface area contributed by atoms with Gasteiger partial charge in [0.2, 0.25) is 7.37 Å². The van der Waals surface area contributed by atoms with E-state index in [1.165, 1.54) is 6.66 Å². The summed E-state index contributed by atoms with van der Waals surface area (Å²) in [6, 6.07) is 0. The summed E-state index contributed by atoms with van der Waals surface area (Å²) in [6.45, 7) is 1.35. The lowest BCUT2D eigenvalue weighted by molar-refractivity contribution is 0.491. The second-order valence-corrected chi connectivity index (χ2v) is 5.56. The quantitative estimate of drug-likeness (QED) is 0.410. The monoisotopic (exact) mass is 220 g/mol. The summed E-state index contributed by atoms with van der Waals surface area (Å²) < 4.78 is 10.5. The molecule has 0 heterocycles. The minimum atomic E-state index is -2.66. The maximum atomic E-state index is 10.1. The zero-order chi connectivity index (χ0) is 5.21. The summed E-state index contributed by atoms with van der Waals surface area (Å²) in [6.07, 6.45) is 0. The van der Waals surface area contributed by atoms with Crippen LogP contribution in [-0.2, 0) is 4.57 Å². The van der Waals surface area contributed by atoms with Crippen LogP contribution in [0.3, 0.4) is 0 Å². The van der Waals surface area contributed by atoms with Crippen molar-refractivity contribution in [1.82, 2.24) is 0 Å². The van der Waals surface area contributed by atoms with Crippen LogP contribution in [0, 0.1) is 0 Å². The van der Waals surface area contributed by atoms with Crippen LogP contribution in [0.4, 0.5) is 0 Å². The molecule has 2 nitrogen and oxygen atoms in total. The van der Waals surface area contributed by atoms with Crippen molar-refractivity contribution in [3.63, 3.8) is 0 Å². The fraction of sp³-hybridized carbons (Fsp3) is 1.00. The first kappa shape index (κ1) is 6.92. The third kappa shape index (κ3) is 4.92. The molecule has 4 heteroatoms. The molecular formula is C2H6IO2P. The molecule has 1 atom stereocenters. The van der Waals surface area contributed by atoms with Crippen LogP contribution in [0.1, 0.15) is 0 Å². The van der Waals surface area contributed by atoms with Crippen LogP contribution in [0.5, 0.6) is 0 Å². The Morgan fingerprint density at radius 2 is 2.17 bits per heavy atom. The molecule has 0 aliphatic carbocycles. The Bertz CT molecular complexity index is 75.6. The lowest BCUT2D eigenvalue weighted by Gasteiger charge is -1.93. The maximum absolute atomic E-state index is 10.1. The highest BCUT2D eigenvalue weighted by Gasteiger charge is 2.02.